The summed E-state index contributed by atoms with van der Waals surface area (Å²) in [6, 6.07) is 7.39. The number of fused-ring (bicyclic) bond motifs is 1. The van der Waals surface area contributed by atoms with Gasteiger partial charge in [0.05, 0.1) is 42.9 Å². The number of anilines is 1. The fraction of sp³-hybridized carbons (Fsp3) is 0.474. The van der Waals surface area contributed by atoms with Gasteiger partial charge in [-0.25, -0.2) is 0 Å². The number of β-lactam (4-membered cyclic amide) rings is 1. The summed E-state index contributed by atoms with van der Waals surface area (Å²) in [7, 11) is 0. The number of ether oxygens (including phenoxy) is 1. The summed E-state index contributed by atoms with van der Waals surface area (Å²) < 4.78 is 5.36. The van der Waals surface area contributed by atoms with Gasteiger partial charge in [0.2, 0.25) is 5.91 Å². The Morgan fingerprint density at radius 2 is 1.89 bits per heavy atom. The molecule has 1 amide bonds. The summed E-state index contributed by atoms with van der Waals surface area (Å²) in [5.41, 5.74) is 2.37. The first-order chi connectivity index (χ1) is 12.5. The first kappa shape index (κ1) is 20.4. The molecule has 1 aromatic carbocycles. The number of carbonyl (C=O) groups is 2. The van der Waals surface area contributed by atoms with Gasteiger partial charge in [0, 0.05) is 18.8 Å². The van der Waals surface area contributed by atoms with E-state index in [1.165, 1.54) is 4.90 Å². The summed E-state index contributed by atoms with van der Waals surface area (Å²) >= 11 is 0. The summed E-state index contributed by atoms with van der Waals surface area (Å²) in [6.07, 6.45) is -0.378. The number of carbonyl (C=O) groups excluding carboxylic acids is 2. The van der Waals surface area contributed by atoms with Crippen LogP contribution in [0.15, 0.2) is 30.0 Å². The Morgan fingerprint density at radius 1 is 1.26 bits per heavy atom. The predicted octanol–water partition coefficient (Wildman–Crippen LogP) is -3.40. The molecule has 3 aliphatic heterocycles. The van der Waals surface area contributed by atoms with Crippen molar-refractivity contribution in [1.82, 2.24) is 4.90 Å². The second-order valence-electron chi connectivity index (χ2n) is 7.01. The van der Waals surface area contributed by atoms with Crippen molar-refractivity contribution in [2.45, 2.75) is 25.5 Å². The van der Waals surface area contributed by atoms with Crippen LogP contribution in [-0.2, 0) is 14.3 Å². The van der Waals surface area contributed by atoms with E-state index in [1.54, 1.807) is 6.92 Å². The zero-order chi connectivity index (χ0) is 18.4. The van der Waals surface area contributed by atoms with Gasteiger partial charge in [-0.05, 0) is 36.6 Å². The molecule has 0 radical (unpaired) electrons. The van der Waals surface area contributed by atoms with Crippen LogP contribution in [0.1, 0.15) is 18.9 Å². The number of carboxylic acid groups (broad SMARTS) is 1. The van der Waals surface area contributed by atoms with Crippen LogP contribution in [0, 0.1) is 5.92 Å². The van der Waals surface area contributed by atoms with Gasteiger partial charge in [-0.2, -0.15) is 0 Å². The number of carboxylic acids is 1. The zero-order valence-electron chi connectivity index (χ0n) is 15.6. The minimum Gasteiger partial charge on any atom is -0.543 e. The van der Waals surface area contributed by atoms with Gasteiger partial charge in [0.15, 0.2) is 0 Å². The van der Waals surface area contributed by atoms with Crippen molar-refractivity contribution in [3.8, 4) is 0 Å². The van der Waals surface area contributed by atoms with Gasteiger partial charge in [-0.1, -0.05) is 12.1 Å². The maximum atomic E-state index is 12.3. The van der Waals surface area contributed by atoms with Crippen molar-refractivity contribution in [3.05, 3.63) is 35.5 Å². The molecular weight excluding hydrogens is 359 g/mol. The summed E-state index contributed by atoms with van der Waals surface area (Å²) in [5.74, 6) is -2.24. The molecule has 2 fully saturated rings. The fourth-order valence-electron chi connectivity index (χ4n) is 4.21. The minimum atomic E-state index is -1.35. The average molecular weight is 380 g/mol. The first-order valence-electron chi connectivity index (χ1n) is 8.88. The fourth-order valence-corrected chi connectivity index (χ4v) is 4.21. The Bertz CT molecular complexity index is 771. The van der Waals surface area contributed by atoms with E-state index < -0.39 is 18.0 Å². The second-order valence-corrected chi connectivity index (χ2v) is 7.01. The molecule has 3 heterocycles. The summed E-state index contributed by atoms with van der Waals surface area (Å²) in [5, 5.41) is 21.5. The maximum Gasteiger partial charge on any atom is 1.00 e. The number of aliphatic hydroxyl groups is 1. The number of nitrogens with zero attached hydrogens (tertiary/aromatic N) is 2. The van der Waals surface area contributed by atoms with Crippen molar-refractivity contribution >= 4 is 23.1 Å². The number of amides is 1. The van der Waals surface area contributed by atoms with E-state index in [0.717, 1.165) is 24.3 Å². The van der Waals surface area contributed by atoms with Crippen molar-refractivity contribution < 1.29 is 54.1 Å². The van der Waals surface area contributed by atoms with E-state index in [1.807, 2.05) is 24.3 Å². The van der Waals surface area contributed by atoms with E-state index in [9.17, 15) is 19.8 Å². The number of morpholine rings is 1. The van der Waals surface area contributed by atoms with Gasteiger partial charge in [0.25, 0.3) is 0 Å². The van der Waals surface area contributed by atoms with Crippen LogP contribution >= 0.6 is 0 Å². The molecule has 8 heteroatoms. The van der Waals surface area contributed by atoms with E-state index >= 15 is 0 Å². The number of aliphatic carboxylic acids is 1. The molecule has 3 atom stereocenters. The molecule has 1 aromatic rings. The van der Waals surface area contributed by atoms with Gasteiger partial charge in [0.1, 0.15) is 0 Å². The van der Waals surface area contributed by atoms with Crippen LogP contribution in [0.2, 0.25) is 0 Å². The van der Waals surface area contributed by atoms with E-state index in [2.05, 4.69) is 4.90 Å². The molecule has 0 spiro atoms. The number of aliphatic hydroxyl groups excluding tert-OH is 1. The third-order valence-electron chi connectivity index (χ3n) is 5.51. The van der Waals surface area contributed by atoms with Crippen LogP contribution in [-0.4, -0.2) is 60.3 Å². The molecule has 4 rings (SSSR count). The van der Waals surface area contributed by atoms with Crippen LogP contribution in [0.5, 0.6) is 0 Å². The Balaban J connectivity index is 0.00000210. The van der Waals surface area contributed by atoms with Crippen LogP contribution in [0.4, 0.5) is 5.69 Å². The molecule has 0 bridgehead atoms. The molecule has 3 aliphatic rings. The van der Waals surface area contributed by atoms with Crippen molar-refractivity contribution in [3.63, 3.8) is 0 Å². The predicted molar refractivity (Wildman–Crippen MR) is 91.8 cm³/mol. The monoisotopic (exact) mass is 380 g/mol. The third-order valence-corrected chi connectivity index (χ3v) is 5.51. The van der Waals surface area contributed by atoms with Crippen LogP contribution in [0.25, 0.3) is 5.57 Å². The standard InChI is InChI=1S/C19H22N2O5.Na/c1-11(22)16-15-10-14(17(19(24)25)21(15)18(16)23)12-2-4-13(5-3-12)20-6-8-26-9-7-20;/h2-5,11,15-16,22H,6-10H2,1H3,(H,24,25);/q;+1/p-1/t11-,15-,16-;/m1./s1. The Hall–Kier alpha value is -1.38. The summed E-state index contributed by atoms with van der Waals surface area (Å²) in [6.45, 7) is 4.61. The molecule has 0 saturated carbocycles. The Kier molecular flexibility index (Phi) is 5.98. The molecule has 7 nitrogen and oxygen atoms in total. The molecular formula is C19H21N2NaO5. The quantitative estimate of drug-likeness (QED) is 0.433. The van der Waals surface area contributed by atoms with Crippen molar-refractivity contribution in [1.29, 1.82) is 0 Å². The molecule has 2 saturated heterocycles. The third kappa shape index (κ3) is 3.43. The van der Waals surface area contributed by atoms with Gasteiger partial charge >= 0.3 is 29.6 Å². The normalized spacial score (nSPS) is 25.6. The average Bonchev–Trinajstić information content (AvgIpc) is 2.97. The number of rotatable bonds is 4. The molecule has 0 aromatic heterocycles. The van der Waals surface area contributed by atoms with Gasteiger partial charge < -0.3 is 29.5 Å². The van der Waals surface area contributed by atoms with E-state index in [-0.39, 0.29) is 47.2 Å². The Labute approximate surface area is 179 Å². The molecule has 0 unspecified atom stereocenters. The minimum absolute atomic E-state index is 0. The van der Waals surface area contributed by atoms with Crippen LogP contribution in [0.3, 0.4) is 0 Å². The van der Waals surface area contributed by atoms with Crippen LogP contribution < -0.4 is 39.6 Å². The molecule has 138 valence electrons. The topological polar surface area (TPSA) is 93.1 Å². The van der Waals surface area contributed by atoms with E-state index in [4.69, 9.17) is 4.74 Å². The van der Waals surface area contributed by atoms with Gasteiger partial charge in [-0.3, -0.25) is 4.79 Å². The number of hydrogen-bond donors (Lipinski definition) is 1. The second kappa shape index (κ2) is 7.93. The van der Waals surface area contributed by atoms with E-state index in [0.29, 0.717) is 25.2 Å². The number of benzene rings is 1. The zero-order valence-corrected chi connectivity index (χ0v) is 17.6. The number of hydrogen-bond acceptors (Lipinski definition) is 6. The SMILES string of the molecule is C[C@@H](O)[C@H]1C(=O)N2C(C(=O)[O-])=C(c3ccc(N4CCOCC4)cc3)C[C@H]12.[Na+]. The molecule has 27 heavy (non-hydrogen) atoms. The van der Waals surface area contributed by atoms with Crippen molar-refractivity contribution in [2.24, 2.45) is 5.92 Å². The maximum absolute atomic E-state index is 12.3. The van der Waals surface area contributed by atoms with Crippen molar-refractivity contribution in [2.75, 3.05) is 31.2 Å². The smallest absolute Gasteiger partial charge is 0.543 e. The Morgan fingerprint density at radius 3 is 2.44 bits per heavy atom. The summed E-state index contributed by atoms with van der Waals surface area (Å²) in [4.78, 5) is 27.4. The largest absolute Gasteiger partial charge is 1.00 e. The molecule has 0 aliphatic carbocycles. The molecule has 1 N–H and O–H groups in total. The van der Waals surface area contributed by atoms with Gasteiger partial charge in [-0.15, -0.1) is 0 Å². The first-order valence-corrected chi connectivity index (χ1v) is 8.88.